The molecule has 0 radical (unpaired) electrons. The van der Waals surface area contributed by atoms with E-state index >= 15 is 0 Å². The number of benzene rings is 2. The molecule has 0 unspecified atom stereocenters. The van der Waals surface area contributed by atoms with Gasteiger partial charge in [0.25, 0.3) is 0 Å². The largest absolute Gasteiger partial charge is 0.362 e. The molecule has 1 fully saturated rings. The Kier molecular flexibility index (Phi) is 6.27. The molecule has 0 atom stereocenters. The minimum absolute atomic E-state index is 0.0424. The van der Waals surface area contributed by atoms with Gasteiger partial charge < -0.3 is 15.5 Å². The lowest BCUT2D eigenvalue weighted by molar-refractivity contribution is 0.348. The SMILES string of the molecule is CN(C)c1nc(NC2CCC(NCc3c(F)cc(F)cc3F)CC2)nc2ccccc12. The molecule has 0 aliphatic heterocycles. The van der Waals surface area contributed by atoms with Crippen molar-refractivity contribution in [2.75, 3.05) is 24.3 Å². The molecule has 3 aromatic rings. The van der Waals surface area contributed by atoms with Gasteiger partial charge in [0, 0.05) is 55.8 Å². The van der Waals surface area contributed by atoms with Gasteiger partial charge in [0.15, 0.2) is 0 Å². The smallest absolute Gasteiger partial charge is 0.225 e. The molecule has 2 N–H and O–H groups in total. The average Bonchev–Trinajstić information content (AvgIpc) is 2.73. The number of aromatic nitrogens is 2. The fraction of sp³-hybridized carbons (Fsp3) is 0.391. The molecular weight excluding hydrogens is 403 g/mol. The van der Waals surface area contributed by atoms with E-state index in [9.17, 15) is 13.2 Å². The van der Waals surface area contributed by atoms with Gasteiger partial charge in [0.1, 0.15) is 23.3 Å². The predicted octanol–water partition coefficient (Wildman–Crippen LogP) is 4.63. The Hall–Kier alpha value is -2.87. The number of nitrogens with one attached hydrogen (secondary N) is 2. The Morgan fingerprint density at radius 3 is 2.26 bits per heavy atom. The first-order valence-corrected chi connectivity index (χ1v) is 10.5. The molecule has 1 aliphatic carbocycles. The van der Waals surface area contributed by atoms with E-state index in [0.717, 1.165) is 42.4 Å². The number of rotatable bonds is 6. The fourth-order valence-corrected chi connectivity index (χ4v) is 4.08. The highest BCUT2D eigenvalue weighted by atomic mass is 19.1. The van der Waals surface area contributed by atoms with E-state index in [1.54, 1.807) is 0 Å². The third-order valence-corrected chi connectivity index (χ3v) is 5.74. The molecule has 0 spiro atoms. The number of fused-ring (bicyclic) bond motifs is 1. The zero-order chi connectivity index (χ0) is 22.0. The molecule has 1 saturated carbocycles. The summed E-state index contributed by atoms with van der Waals surface area (Å²) in [6.45, 7) is 0.0424. The quantitative estimate of drug-likeness (QED) is 0.599. The van der Waals surface area contributed by atoms with Crippen molar-refractivity contribution < 1.29 is 13.2 Å². The molecular formula is C23H26F3N5. The molecule has 0 saturated heterocycles. The van der Waals surface area contributed by atoms with Crippen LogP contribution in [0.3, 0.4) is 0 Å². The zero-order valence-electron chi connectivity index (χ0n) is 17.6. The fourth-order valence-electron chi connectivity index (χ4n) is 4.08. The van der Waals surface area contributed by atoms with E-state index in [4.69, 9.17) is 4.98 Å². The number of para-hydroxylation sites is 1. The lowest BCUT2D eigenvalue weighted by Gasteiger charge is -2.30. The average molecular weight is 429 g/mol. The van der Waals surface area contributed by atoms with E-state index in [2.05, 4.69) is 15.6 Å². The monoisotopic (exact) mass is 429 g/mol. The molecule has 1 heterocycles. The van der Waals surface area contributed by atoms with Crippen LogP contribution in [0.1, 0.15) is 31.2 Å². The summed E-state index contributed by atoms with van der Waals surface area (Å²) in [7, 11) is 3.92. The first-order chi connectivity index (χ1) is 14.9. The second kappa shape index (κ2) is 9.09. The van der Waals surface area contributed by atoms with E-state index in [1.807, 2.05) is 43.3 Å². The Balaban J connectivity index is 1.36. The summed E-state index contributed by atoms with van der Waals surface area (Å²) in [5.74, 6) is -1.14. The second-order valence-electron chi connectivity index (χ2n) is 8.20. The topological polar surface area (TPSA) is 53.1 Å². The van der Waals surface area contributed by atoms with Crippen LogP contribution in [0, 0.1) is 17.5 Å². The van der Waals surface area contributed by atoms with Gasteiger partial charge in [-0.3, -0.25) is 0 Å². The molecule has 2 aromatic carbocycles. The maximum Gasteiger partial charge on any atom is 0.225 e. The van der Waals surface area contributed by atoms with E-state index in [1.165, 1.54) is 0 Å². The maximum absolute atomic E-state index is 13.8. The van der Waals surface area contributed by atoms with Crippen LogP contribution in [0.15, 0.2) is 36.4 Å². The lowest BCUT2D eigenvalue weighted by Crippen LogP contribution is -2.37. The van der Waals surface area contributed by atoms with Crippen LogP contribution in [0.25, 0.3) is 10.9 Å². The van der Waals surface area contributed by atoms with Crippen LogP contribution in [-0.2, 0) is 6.54 Å². The highest BCUT2D eigenvalue weighted by molar-refractivity contribution is 5.90. The highest BCUT2D eigenvalue weighted by Gasteiger charge is 2.23. The Morgan fingerprint density at radius 2 is 1.58 bits per heavy atom. The van der Waals surface area contributed by atoms with E-state index in [-0.39, 0.29) is 24.2 Å². The minimum Gasteiger partial charge on any atom is -0.362 e. The van der Waals surface area contributed by atoms with Gasteiger partial charge in [0.05, 0.1) is 5.52 Å². The summed E-state index contributed by atoms with van der Waals surface area (Å²) in [5.41, 5.74) is 0.768. The molecule has 0 bridgehead atoms. The number of nitrogens with zero attached hydrogens (tertiary/aromatic N) is 3. The van der Waals surface area contributed by atoms with E-state index in [0.29, 0.717) is 18.1 Å². The van der Waals surface area contributed by atoms with Gasteiger partial charge in [0.2, 0.25) is 5.95 Å². The molecule has 0 amide bonds. The molecule has 4 rings (SSSR count). The van der Waals surface area contributed by atoms with Crippen molar-refractivity contribution in [3.8, 4) is 0 Å². The van der Waals surface area contributed by atoms with Gasteiger partial charge in [-0.15, -0.1) is 0 Å². The predicted molar refractivity (Wildman–Crippen MR) is 117 cm³/mol. The highest BCUT2D eigenvalue weighted by Crippen LogP contribution is 2.26. The third-order valence-electron chi connectivity index (χ3n) is 5.74. The number of hydrogen-bond donors (Lipinski definition) is 2. The normalized spacial score (nSPS) is 18.9. The molecule has 8 heteroatoms. The summed E-state index contributed by atoms with van der Waals surface area (Å²) in [5, 5.41) is 7.66. The Labute approximate surface area is 179 Å². The molecule has 5 nitrogen and oxygen atoms in total. The number of halogens is 3. The van der Waals surface area contributed by atoms with Crippen molar-refractivity contribution in [3.63, 3.8) is 0 Å². The number of hydrogen-bond acceptors (Lipinski definition) is 5. The third kappa shape index (κ3) is 4.90. The summed E-state index contributed by atoms with van der Waals surface area (Å²) in [6, 6.07) is 9.73. The van der Waals surface area contributed by atoms with Crippen molar-refractivity contribution in [3.05, 3.63) is 59.4 Å². The molecule has 1 aromatic heterocycles. The van der Waals surface area contributed by atoms with Gasteiger partial charge in [-0.05, 0) is 37.8 Å². The standard InChI is InChI=1S/C23H26F3N5/c1-31(2)22-17-5-3-4-6-21(17)29-23(30-22)28-16-9-7-15(8-10-16)27-13-18-19(25)11-14(24)12-20(18)26/h3-6,11-12,15-16,27H,7-10,13H2,1-2H3,(H,28,29,30). The van der Waals surface area contributed by atoms with Crippen LogP contribution in [0.2, 0.25) is 0 Å². The van der Waals surface area contributed by atoms with Crippen LogP contribution in [0.4, 0.5) is 24.9 Å². The second-order valence-corrected chi connectivity index (χ2v) is 8.20. The summed E-state index contributed by atoms with van der Waals surface area (Å²) in [6.07, 6.45) is 3.49. The first kappa shape index (κ1) is 21.4. The van der Waals surface area contributed by atoms with Crippen molar-refractivity contribution >= 4 is 22.7 Å². The first-order valence-electron chi connectivity index (χ1n) is 10.5. The Morgan fingerprint density at radius 1 is 0.935 bits per heavy atom. The van der Waals surface area contributed by atoms with Gasteiger partial charge in [-0.25, -0.2) is 18.2 Å². The maximum atomic E-state index is 13.8. The van der Waals surface area contributed by atoms with Crippen LogP contribution in [0.5, 0.6) is 0 Å². The molecule has 31 heavy (non-hydrogen) atoms. The van der Waals surface area contributed by atoms with Crippen molar-refractivity contribution in [1.29, 1.82) is 0 Å². The minimum atomic E-state index is -0.904. The lowest BCUT2D eigenvalue weighted by atomic mass is 9.91. The molecule has 164 valence electrons. The summed E-state index contributed by atoms with van der Waals surface area (Å²) < 4.78 is 40.7. The summed E-state index contributed by atoms with van der Waals surface area (Å²) >= 11 is 0. The van der Waals surface area contributed by atoms with E-state index < -0.39 is 17.5 Å². The zero-order valence-corrected chi connectivity index (χ0v) is 17.6. The van der Waals surface area contributed by atoms with Crippen LogP contribution in [-0.4, -0.2) is 36.1 Å². The van der Waals surface area contributed by atoms with Crippen molar-refractivity contribution in [2.24, 2.45) is 0 Å². The van der Waals surface area contributed by atoms with Gasteiger partial charge in [-0.1, -0.05) is 12.1 Å². The van der Waals surface area contributed by atoms with Crippen LogP contribution >= 0.6 is 0 Å². The van der Waals surface area contributed by atoms with Crippen LogP contribution < -0.4 is 15.5 Å². The van der Waals surface area contributed by atoms with Crippen molar-refractivity contribution in [2.45, 2.75) is 44.3 Å². The molecule has 1 aliphatic rings. The van der Waals surface area contributed by atoms with Gasteiger partial charge in [-0.2, -0.15) is 4.98 Å². The van der Waals surface area contributed by atoms with Crippen molar-refractivity contribution in [1.82, 2.24) is 15.3 Å². The van der Waals surface area contributed by atoms with Gasteiger partial charge >= 0.3 is 0 Å². The summed E-state index contributed by atoms with van der Waals surface area (Å²) in [4.78, 5) is 11.3. The Bertz CT molecular complexity index is 1040. The number of anilines is 2.